The van der Waals surface area contributed by atoms with Gasteiger partial charge < -0.3 is 14.0 Å². The maximum atomic E-state index is 11.3. The number of ether oxygens (including phenoxy) is 2. The minimum Gasteiger partial charge on any atom is -0.467 e. The van der Waals surface area contributed by atoms with Crippen LogP contribution in [0.1, 0.15) is 17.0 Å². The van der Waals surface area contributed by atoms with E-state index in [1.54, 1.807) is 17.4 Å². The van der Waals surface area contributed by atoms with Gasteiger partial charge in [-0.2, -0.15) is 4.98 Å². The number of nitro benzene ring substituents is 1. The highest BCUT2D eigenvalue weighted by atomic mass is 32.1. The van der Waals surface area contributed by atoms with Crippen molar-refractivity contribution in [1.29, 1.82) is 0 Å². The Labute approximate surface area is 182 Å². The summed E-state index contributed by atoms with van der Waals surface area (Å²) in [5, 5.41) is 17.4. The largest absolute Gasteiger partial charge is 0.467 e. The van der Waals surface area contributed by atoms with Gasteiger partial charge in [-0.1, -0.05) is 11.2 Å². The van der Waals surface area contributed by atoms with Gasteiger partial charge in [0.15, 0.2) is 6.79 Å². The van der Waals surface area contributed by atoms with Gasteiger partial charge in [0.05, 0.1) is 23.0 Å². The van der Waals surface area contributed by atoms with E-state index in [0.29, 0.717) is 37.2 Å². The SMILES string of the molecule is O=[N+]([O-])c1cc2c(c(CN3CCN(Cc4nc(-c5cccs5)no4)CC3)c1)OCOC2. The summed E-state index contributed by atoms with van der Waals surface area (Å²) in [4.78, 5) is 21.0. The first-order valence-corrected chi connectivity index (χ1v) is 10.9. The third-order valence-corrected chi connectivity index (χ3v) is 6.28. The Balaban J connectivity index is 1.21. The molecule has 5 rings (SSSR count). The third-order valence-electron chi connectivity index (χ3n) is 5.41. The summed E-state index contributed by atoms with van der Waals surface area (Å²) < 4.78 is 16.4. The zero-order valence-corrected chi connectivity index (χ0v) is 17.5. The molecule has 11 heteroatoms. The molecular formula is C20H21N5O5S. The van der Waals surface area contributed by atoms with Crippen molar-refractivity contribution < 1.29 is 18.9 Å². The number of hydrogen-bond acceptors (Lipinski definition) is 10. The lowest BCUT2D eigenvalue weighted by atomic mass is 10.1. The molecule has 0 radical (unpaired) electrons. The molecule has 0 atom stereocenters. The van der Waals surface area contributed by atoms with Crippen molar-refractivity contribution in [3.8, 4) is 16.5 Å². The molecule has 0 aliphatic carbocycles. The molecule has 31 heavy (non-hydrogen) atoms. The van der Waals surface area contributed by atoms with Crippen molar-refractivity contribution in [1.82, 2.24) is 19.9 Å². The molecule has 2 aliphatic heterocycles. The van der Waals surface area contributed by atoms with Crippen LogP contribution < -0.4 is 4.74 Å². The number of aromatic nitrogens is 2. The van der Waals surface area contributed by atoms with E-state index >= 15 is 0 Å². The summed E-state index contributed by atoms with van der Waals surface area (Å²) in [6, 6.07) is 7.08. The number of thiophene rings is 1. The van der Waals surface area contributed by atoms with Crippen LogP contribution in [0.25, 0.3) is 10.7 Å². The summed E-state index contributed by atoms with van der Waals surface area (Å²) in [5.41, 5.74) is 1.63. The van der Waals surface area contributed by atoms with E-state index in [9.17, 15) is 10.1 Å². The zero-order valence-electron chi connectivity index (χ0n) is 16.7. The molecule has 0 spiro atoms. The van der Waals surface area contributed by atoms with Gasteiger partial charge in [0.25, 0.3) is 5.69 Å². The van der Waals surface area contributed by atoms with Crippen LogP contribution in [0.4, 0.5) is 5.69 Å². The van der Waals surface area contributed by atoms with Crippen LogP contribution in [0.3, 0.4) is 0 Å². The number of rotatable bonds is 6. The Morgan fingerprint density at radius 3 is 2.71 bits per heavy atom. The van der Waals surface area contributed by atoms with Gasteiger partial charge in [0, 0.05) is 56.0 Å². The molecule has 1 aromatic carbocycles. The standard InChI is InChI=1S/C20H21N5O5S/c26-25(27)16-8-14(19-15(9-16)12-28-13-29-19)10-23-3-5-24(6-4-23)11-18-21-20(22-30-18)17-2-1-7-31-17/h1-2,7-9H,3-6,10-13H2. The Hall–Kier alpha value is -2.86. The maximum absolute atomic E-state index is 11.3. The molecule has 0 N–H and O–H groups in total. The van der Waals surface area contributed by atoms with Gasteiger partial charge in [-0.15, -0.1) is 11.3 Å². The van der Waals surface area contributed by atoms with Crippen molar-refractivity contribution >= 4 is 17.0 Å². The molecule has 0 bridgehead atoms. The molecule has 1 saturated heterocycles. The smallest absolute Gasteiger partial charge is 0.270 e. The Kier molecular flexibility index (Phi) is 5.64. The molecule has 10 nitrogen and oxygen atoms in total. The van der Waals surface area contributed by atoms with Gasteiger partial charge in [0.1, 0.15) is 5.75 Å². The molecule has 0 unspecified atom stereocenters. The van der Waals surface area contributed by atoms with Gasteiger partial charge in [-0.25, -0.2) is 0 Å². The fourth-order valence-electron chi connectivity index (χ4n) is 3.87. The topological polar surface area (TPSA) is 107 Å². The lowest BCUT2D eigenvalue weighted by molar-refractivity contribution is -0.385. The Morgan fingerprint density at radius 1 is 1.16 bits per heavy atom. The molecule has 0 amide bonds. The number of benzene rings is 1. The number of hydrogen-bond donors (Lipinski definition) is 0. The second kappa shape index (κ2) is 8.71. The number of nitrogens with zero attached hydrogens (tertiary/aromatic N) is 5. The molecule has 0 saturated carbocycles. The van der Waals surface area contributed by atoms with Crippen LogP contribution in [0.15, 0.2) is 34.2 Å². The molecule has 162 valence electrons. The Morgan fingerprint density at radius 2 is 1.97 bits per heavy atom. The Bertz CT molecular complexity index is 1060. The number of nitro groups is 1. The average Bonchev–Trinajstić information content (AvgIpc) is 3.47. The molecule has 3 aromatic rings. The summed E-state index contributed by atoms with van der Waals surface area (Å²) in [7, 11) is 0. The van der Waals surface area contributed by atoms with Gasteiger partial charge >= 0.3 is 0 Å². The van der Waals surface area contributed by atoms with Crippen LogP contribution in [0.5, 0.6) is 5.75 Å². The van der Waals surface area contributed by atoms with Gasteiger partial charge in [-0.05, 0) is 11.4 Å². The highest BCUT2D eigenvalue weighted by Gasteiger charge is 2.25. The zero-order chi connectivity index (χ0) is 21.2. The molecule has 1 fully saturated rings. The number of non-ortho nitro benzene ring substituents is 1. The van der Waals surface area contributed by atoms with E-state index in [1.807, 2.05) is 17.5 Å². The van der Waals surface area contributed by atoms with Crippen molar-refractivity contribution in [3.63, 3.8) is 0 Å². The van der Waals surface area contributed by atoms with Crippen LogP contribution in [-0.4, -0.2) is 57.8 Å². The van der Waals surface area contributed by atoms with E-state index in [4.69, 9.17) is 14.0 Å². The van der Waals surface area contributed by atoms with Crippen molar-refractivity contribution in [2.24, 2.45) is 0 Å². The van der Waals surface area contributed by atoms with Crippen molar-refractivity contribution in [3.05, 3.63) is 56.8 Å². The van der Waals surface area contributed by atoms with Gasteiger partial charge in [-0.3, -0.25) is 19.9 Å². The monoisotopic (exact) mass is 443 g/mol. The van der Waals surface area contributed by atoms with E-state index < -0.39 is 0 Å². The minimum atomic E-state index is -0.370. The van der Waals surface area contributed by atoms with Crippen LogP contribution >= 0.6 is 11.3 Å². The second-order valence-corrected chi connectivity index (χ2v) is 8.45. The first-order chi connectivity index (χ1) is 15.2. The quantitative estimate of drug-likeness (QED) is 0.420. The molecule has 2 aliphatic rings. The highest BCUT2D eigenvalue weighted by molar-refractivity contribution is 7.13. The molecule has 2 aromatic heterocycles. The average molecular weight is 443 g/mol. The summed E-state index contributed by atoms with van der Waals surface area (Å²) >= 11 is 1.58. The highest BCUT2D eigenvalue weighted by Crippen LogP contribution is 2.33. The first-order valence-electron chi connectivity index (χ1n) is 9.97. The summed E-state index contributed by atoms with van der Waals surface area (Å²) in [5.74, 6) is 1.95. The fraction of sp³-hybridized carbons (Fsp3) is 0.400. The van der Waals surface area contributed by atoms with Crippen molar-refractivity contribution in [2.75, 3.05) is 33.0 Å². The van der Waals surface area contributed by atoms with Crippen LogP contribution in [0, 0.1) is 10.1 Å². The molecule has 4 heterocycles. The third kappa shape index (κ3) is 4.44. The maximum Gasteiger partial charge on any atom is 0.270 e. The van der Waals surface area contributed by atoms with Crippen molar-refractivity contribution in [2.45, 2.75) is 19.7 Å². The summed E-state index contributed by atoms with van der Waals surface area (Å²) in [6.07, 6.45) is 0. The second-order valence-electron chi connectivity index (χ2n) is 7.50. The van der Waals surface area contributed by atoms with Crippen LogP contribution in [-0.2, 0) is 24.4 Å². The predicted molar refractivity (Wildman–Crippen MR) is 112 cm³/mol. The van der Waals surface area contributed by atoms with E-state index in [2.05, 4.69) is 19.9 Å². The minimum absolute atomic E-state index is 0.0689. The number of piperazine rings is 1. The lowest BCUT2D eigenvalue weighted by Gasteiger charge is -2.34. The fourth-order valence-corrected chi connectivity index (χ4v) is 4.52. The lowest BCUT2D eigenvalue weighted by Crippen LogP contribution is -2.45. The van der Waals surface area contributed by atoms with E-state index in [-0.39, 0.29) is 17.4 Å². The van der Waals surface area contributed by atoms with E-state index in [1.165, 1.54) is 6.07 Å². The normalized spacial score (nSPS) is 17.3. The molecular weight excluding hydrogens is 422 g/mol. The predicted octanol–water partition coefficient (Wildman–Crippen LogP) is 2.89. The summed E-state index contributed by atoms with van der Waals surface area (Å²) in [6.45, 7) is 5.06. The first kappa shape index (κ1) is 20.1. The van der Waals surface area contributed by atoms with Crippen LogP contribution in [0.2, 0.25) is 0 Å². The van der Waals surface area contributed by atoms with Gasteiger partial charge in [0.2, 0.25) is 11.7 Å². The van der Waals surface area contributed by atoms with E-state index in [0.717, 1.165) is 42.2 Å². The number of fused-ring (bicyclic) bond motifs is 1.